The zero-order chi connectivity index (χ0) is 16.9. The maximum Gasteiger partial charge on any atom is 0.239 e. The molecule has 2 aliphatic heterocycles. The predicted molar refractivity (Wildman–Crippen MR) is 108 cm³/mol. The molecule has 1 unspecified atom stereocenters. The molecule has 1 aliphatic carbocycles. The highest BCUT2D eigenvalue weighted by atomic mass is 35.5. The van der Waals surface area contributed by atoms with Crippen LogP contribution in [0.15, 0.2) is 0 Å². The Labute approximate surface area is 169 Å². The van der Waals surface area contributed by atoms with E-state index in [2.05, 4.69) is 22.5 Å². The van der Waals surface area contributed by atoms with Gasteiger partial charge in [0.15, 0.2) is 0 Å². The van der Waals surface area contributed by atoms with Gasteiger partial charge in [-0.3, -0.25) is 14.5 Å². The smallest absolute Gasteiger partial charge is 0.239 e. The Morgan fingerprint density at radius 2 is 1.65 bits per heavy atom. The van der Waals surface area contributed by atoms with E-state index >= 15 is 0 Å². The first-order valence-electron chi connectivity index (χ1n) is 9.65. The van der Waals surface area contributed by atoms with Crippen LogP contribution in [0.2, 0.25) is 0 Å². The SMILES string of the molecule is CC1CCC(NC(=O)CN2CCN(C(=O)C3CCCN3)CC2)CC1.Cl.Cl. The minimum absolute atomic E-state index is 0. The van der Waals surface area contributed by atoms with Crippen molar-refractivity contribution in [1.29, 1.82) is 0 Å². The molecule has 1 atom stereocenters. The van der Waals surface area contributed by atoms with Gasteiger partial charge in [-0.2, -0.15) is 0 Å². The van der Waals surface area contributed by atoms with Crippen LogP contribution in [0.5, 0.6) is 0 Å². The number of carbonyl (C=O) groups is 2. The Kier molecular flexibility index (Phi) is 10.2. The lowest BCUT2D eigenvalue weighted by molar-refractivity contribution is -0.135. The molecule has 152 valence electrons. The summed E-state index contributed by atoms with van der Waals surface area (Å²) in [6.07, 6.45) is 6.73. The minimum atomic E-state index is 0. The predicted octanol–water partition coefficient (Wildman–Crippen LogP) is 1.42. The lowest BCUT2D eigenvalue weighted by atomic mass is 9.87. The number of nitrogens with one attached hydrogen (secondary N) is 2. The normalized spacial score (nSPS) is 29.4. The fraction of sp³-hybridized carbons (Fsp3) is 0.889. The zero-order valence-electron chi connectivity index (χ0n) is 15.7. The molecule has 0 radical (unpaired) electrons. The van der Waals surface area contributed by atoms with Crippen LogP contribution in [-0.4, -0.2) is 73.0 Å². The van der Waals surface area contributed by atoms with Crippen LogP contribution in [0.3, 0.4) is 0 Å². The summed E-state index contributed by atoms with van der Waals surface area (Å²) in [4.78, 5) is 28.8. The molecular formula is C18H34Cl2N4O2. The summed E-state index contributed by atoms with van der Waals surface area (Å²) >= 11 is 0. The van der Waals surface area contributed by atoms with Crippen molar-refractivity contribution < 1.29 is 9.59 Å². The average molecular weight is 409 g/mol. The van der Waals surface area contributed by atoms with E-state index in [1.807, 2.05) is 4.90 Å². The molecule has 0 spiro atoms. The number of amides is 2. The monoisotopic (exact) mass is 408 g/mol. The highest BCUT2D eigenvalue weighted by Crippen LogP contribution is 2.23. The van der Waals surface area contributed by atoms with Crippen molar-refractivity contribution in [1.82, 2.24) is 20.4 Å². The van der Waals surface area contributed by atoms with Crippen molar-refractivity contribution in [2.45, 2.75) is 57.5 Å². The Hall–Kier alpha value is -0.560. The first-order valence-corrected chi connectivity index (χ1v) is 9.65. The molecule has 2 saturated heterocycles. The van der Waals surface area contributed by atoms with Crippen molar-refractivity contribution in [3.63, 3.8) is 0 Å². The first kappa shape index (κ1) is 23.5. The fourth-order valence-corrected chi connectivity index (χ4v) is 4.12. The molecule has 26 heavy (non-hydrogen) atoms. The van der Waals surface area contributed by atoms with E-state index in [0.29, 0.717) is 12.6 Å². The van der Waals surface area contributed by atoms with Crippen LogP contribution >= 0.6 is 24.8 Å². The number of piperazine rings is 1. The van der Waals surface area contributed by atoms with Gasteiger partial charge < -0.3 is 15.5 Å². The standard InChI is InChI=1S/C18H32N4O2.2ClH/c1-14-4-6-15(7-5-14)20-17(23)13-21-9-11-22(12-10-21)18(24)16-3-2-8-19-16;;/h14-16,19H,2-13H2,1H3,(H,20,23);2*1H. The number of nitrogens with zero attached hydrogens (tertiary/aromatic N) is 2. The number of hydrogen-bond acceptors (Lipinski definition) is 4. The third kappa shape index (κ3) is 6.55. The first-order chi connectivity index (χ1) is 11.6. The van der Waals surface area contributed by atoms with Crippen LogP contribution in [0.4, 0.5) is 0 Å². The highest BCUT2D eigenvalue weighted by molar-refractivity contribution is 5.85. The van der Waals surface area contributed by atoms with Gasteiger partial charge in [0.1, 0.15) is 0 Å². The molecule has 1 saturated carbocycles. The van der Waals surface area contributed by atoms with Crippen LogP contribution in [-0.2, 0) is 9.59 Å². The molecule has 0 bridgehead atoms. The molecule has 3 aliphatic rings. The van der Waals surface area contributed by atoms with E-state index < -0.39 is 0 Å². The van der Waals surface area contributed by atoms with Crippen molar-refractivity contribution in [2.75, 3.05) is 39.3 Å². The third-order valence-corrected chi connectivity index (χ3v) is 5.79. The van der Waals surface area contributed by atoms with Gasteiger partial charge in [-0.25, -0.2) is 0 Å². The lowest BCUT2D eigenvalue weighted by Gasteiger charge is -2.36. The minimum Gasteiger partial charge on any atom is -0.352 e. The highest BCUT2D eigenvalue weighted by Gasteiger charge is 2.29. The summed E-state index contributed by atoms with van der Waals surface area (Å²) in [5, 5.41) is 6.47. The topological polar surface area (TPSA) is 64.7 Å². The Morgan fingerprint density at radius 1 is 1.00 bits per heavy atom. The summed E-state index contributed by atoms with van der Waals surface area (Å²) in [6.45, 7) is 6.80. The quantitative estimate of drug-likeness (QED) is 0.737. The molecule has 0 aromatic heterocycles. The van der Waals surface area contributed by atoms with Crippen molar-refractivity contribution in [3.8, 4) is 0 Å². The van der Waals surface area contributed by atoms with E-state index in [-0.39, 0.29) is 42.7 Å². The number of halogens is 2. The molecule has 2 amide bonds. The molecular weight excluding hydrogens is 375 g/mol. The number of carbonyl (C=O) groups excluding carboxylic acids is 2. The maximum absolute atomic E-state index is 12.4. The molecule has 0 aromatic carbocycles. The van der Waals surface area contributed by atoms with Crippen molar-refractivity contribution in [3.05, 3.63) is 0 Å². The Bertz CT molecular complexity index is 444. The summed E-state index contributed by atoms with van der Waals surface area (Å²) in [5.74, 6) is 1.19. The summed E-state index contributed by atoms with van der Waals surface area (Å²) in [7, 11) is 0. The summed E-state index contributed by atoms with van der Waals surface area (Å²) in [5.41, 5.74) is 0. The third-order valence-electron chi connectivity index (χ3n) is 5.79. The van der Waals surface area contributed by atoms with E-state index in [4.69, 9.17) is 0 Å². The zero-order valence-corrected chi connectivity index (χ0v) is 17.4. The molecule has 2 N–H and O–H groups in total. The fourth-order valence-electron chi connectivity index (χ4n) is 4.12. The van der Waals surface area contributed by atoms with Gasteiger partial charge in [-0.1, -0.05) is 6.92 Å². The van der Waals surface area contributed by atoms with Crippen LogP contribution in [0.25, 0.3) is 0 Å². The van der Waals surface area contributed by atoms with Gasteiger partial charge in [0.2, 0.25) is 11.8 Å². The second-order valence-corrected chi connectivity index (χ2v) is 7.77. The van der Waals surface area contributed by atoms with Gasteiger partial charge in [0.25, 0.3) is 0 Å². The lowest BCUT2D eigenvalue weighted by Crippen LogP contribution is -2.54. The van der Waals surface area contributed by atoms with Crippen LogP contribution in [0, 0.1) is 5.92 Å². The van der Waals surface area contributed by atoms with Gasteiger partial charge in [0.05, 0.1) is 12.6 Å². The summed E-state index contributed by atoms with van der Waals surface area (Å²) in [6, 6.07) is 0.388. The maximum atomic E-state index is 12.4. The van der Waals surface area contributed by atoms with Gasteiger partial charge in [-0.15, -0.1) is 24.8 Å². The molecule has 0 aromatic rings. The molecule has 2 heterocycles. The van der Waals surface area contributed by atoms with Crippen LogP contribution in [0.1, 0.15) is 45.4 Å². The second kappa shape index (κ2) is 11.3. The van der Waals surface area contributed by atoms with E-state index in [0.717, 1.165) is 64.3 Å². The van der Waals surface area contributed by atoms with Gasteiger partial charge in [-0.05, 0) is 51.0 Å². The molecule has 8 heteroatoms. The number of hydrogen-bond donors (Lipinski definition) is 2. The van der Waals surface area contributed by atoms with Gasteiger partial charge in [0, 0.05) is 32.2 Å². The number of rotatable bonds is 4. The Balaban J connectivity index is 0.00000169. The van der Waals surface area contributed by atoms with E-state index in [1.54, 1.807) is 0 Å². The molecule has 6 nitrogen and oxygen atoms in total. The van der Waals surface area contributed by atoms with Crippen molar-refractivity contribution in [2.24, 2.45) is 5.92 Å². The Morgan fingerprint density at radius 3 is 2.23 bits per heavy atom. The molecule has 3 rings (SSSR count). The second-order valence-electron chi connectivity index (χ2n) is 7.77. The van der Waals surface area contributed by atoms with Crippen molar-refractivity contribution >= 4 is 36.6 Å². The average Bonchev–Trinajstić information content (AvgIpc) is 3.11. The van der Waals surface area contributed by atoms with Gasteiger partial charge >= 0.3 is 0 Å². The largest absolute Gasteiger partial charge is 0.352 e. The van der Waals surface area contributed by atoms with E-state index in [1.165, 1.54) is 12.8 Å². The van der Waals surface area contributed by atoms with E-state index in [9.17, 15) is 9.59 Å². The molecule has 3 fully saturated rings. The van der Waals surface area contributed by atoms with Crippen LogP contribution < -0.4 is 10.6 Å². The summed E-state index contributed by atoms with van der Waals surface area (Å²) < 4.78 is 0.